The summed E-state index contributed by atoms with van der Waals surface area (Å²) >= 11 is 0. The second-order valence-corrected chi connectivity index (χ2v) is 6.04. The van der Waals surface area contributed by atoms with Crippen molar-refractivity contribution in [2.45, 2.75) is 33.4 Å². The molecule has 3 amide bonds. The molecule has 1 saturated heterocycles. The summed E-state index contributed by atoms with van der Waals surface area (Å²) in [5.41, 5.74) is 0.500. The van der Waals surface area contributed by atoms with Crippen molar-refractivity contribution in [3.63, 3.8) is 0 Å². The van der Waals surface area contributed by atoms with Crippen LogP contribution in [0.1, 0.15) is 31.3 Å². The van der Waals surface area contributed by atoms with E-state index in [1.54, 1.807) is 32.7 Å². The molecule has 1 aliphatic heterocycles. The average Bonchev–Trinajstić information content (AvgIpc) is 2.93. The number of piperazine rings is 1. The van der Waals surface area contributed by atoms with Crippen molar-refractivity contribution in [2.24, 2.45) is 0 Å². The molecule has 2 heterocycles. The number of hydrogen-bond donors (Lipinski definition) is 1. The predicted octanol–water partition coefficient (Wildman–Crippen LogP) is 0.317. The topological polar surface area (TPSA) is 74.7 Å². The molecule has 0 aliphatic carbocycles. The second-order valence-electron chi connectivity index (χ2n) is 6.04. The fourth-order valence-electron chi connectivity index (χ4n) is 2.65. The second kappa shape index (κ2) is 7.30. The maximum Gasteiger partial charge on any atom is 0.270 e. The first-order valence-electron chi connectivity index (χ1n) is 7.87. The molecule has 126 valence electrons. The Morgan fingerprint density at radius 2 is 1.74 bits per heavy atom. The van der Waals surface area contributed by atoms with Gasteiger partial charge in [-0.05, 0) is 26.0 Å². The molecule has 1 aromatic rings. The summed E-state index contributed by atoms with van der Waals surface area (Å²) in [6.07, 6.45) is 1.74. The number of nitrogens with zero attached hydrogens (tertiary/aromatic N) is 3. The van der Waals surface area contributed by atoms with Crippen molar-refractivity contribution in [2.75, 3.05) is 26.2 Å². The van der Waals surface area contributed by atoms with Gasteiger partial charge in [0.15, 0.2) is 0 Å². The molecule has 1 aliphatic rings. The Balaban J connectivity index is 2.00. The monoisotopic (exact) mass is 320 g/mol. The maximum absolute atomic E-state index is 12.6. The molecule has 0 unspecified atom stereocenters. The quantitative estimate of drug-likeness (QED) is 0.868. The van der Waals surface area contributed by atoms with Crippen molar-refractivity contribution in [1.29, 1.82) is 0 Å². The summed E-state index contributed by atoms with van der Waals surface area (Å²) in [4.78, 5) is 39.3. The molecule has 7 heteroatoms. The van der Waals surface area contributed by atoms with Crippen LogP contribution in [-0.2, 0) is 16.1 Å². The van der Waals surface area contributed by atoms with Crippen molar-refractivity contribution in [3.8, 4) is 0 Å². The molecule has 0 atom stereocenters. The molecule has 1 fully saturated rings. The van der Waals surface area contributed by atoms with Gasteiger partial charge in [-0.15, -0.1) is 0 Å². The van der Waals surface area contributed by atoms with Gasteiger partial charge in [-0.2, -0.15) is 0 Å². The van der Waals surface area contributed by atoms with Crippen LogP contribution in [0.3, 0.4) is 0 Å². The highest BCUT2D eigenvalue weighted by atomic mass is 16.2. The summed E-state index contributed by atoms with van der Waals surface area (Å²) in [5.74, 6) is -0.187. The summed E-state index contributed by atoms with van der Waals surface area (Å²) in [6.45, 7) is 7.59. The van der Waals surface area contributed by atoms with Crippen LogP contribution in [0.5, 0.6) is 0 Å². The minimum Gasteiger partial charge on any atom is -0.352 e. The van der Waals surface area contributed by atoms with Gasteiger partial charge in [0.1, 0.15) is 12.2 Å². The minimum absolute atomic E-state index is 0.0332. The number of amides is 3. The third kappa shape index (κ3) is 4.34. The van der Waals surface area contributed by atoms with Gasteiger partial charge in [-0.3, -0.25) is 14.4 Å². The average molecular weight is 320 g/mol. The van der Waals surface area contributed by atoms with Crippen LogP contribution in [0.25, 0.3) is 0 Å². The Hall–Kier alpha value is -2.31. The largest absolute Gasteiger partial charge is 0.352 e. The lowest BCUT2D eigenvalue weighted by atomic mass is 10.2. The van der Waals surface area contributed by atoms with Crippen LogP contribution in [0, 0.1) is 0 Å². The first kappa shape index (κ1) is 17.1. The molecular formula is C16H24N4O3. The lowest BCUT2D eigenvalue weighted by Crippen LogP contribution is -2.50. The highest BCUT2D eigenvalue weighted by molar-refractivity contribution is 5.93. The standard InChI is InChI=1S/C16H24N4O3/c1-12(2)17-15(22)11-20-6-4-5-14(20)16(23)19-9-7-18(8-10-19)13(3)21/h4-6,12H,7-11H2,1-3H3,(H,17,22). The summed E-state index contributed by atoms with van der Waals surface area (Å²) in [6, 6.07) is 3.56. The smallest absolute Gasteiger partial charge is 0.270 e. The van der Waals surface area contributed by atoms with E-state index in [2.05, 4.69) is 5.32 Å². The molecule has 0 aromatic carbocycles. The van der Waals surface area contributed by atoms with Crippen LogP contribution in [0.4, 0.5) is 0 Å². The Labute approximate surface area is 136 Å². The van der Waals surface area contributed by atoms with Gasteiger partial charge in [0.05, 0.1) is 0 Å². The summed E-state index contributed by atoms with van der Waals surface area (Å²) in [7, 11) is 0. The lowest BCUT2D eigenvalue weighted by molar-refractivity contribution is -0.130. The van der Waals surface area contributed by atoms with Crippen LogP contribution < -0.4 is 5.32 Å². The fraction of sp³-hybridized carbons (Fsp3) is 0.562. The number of nitrogens with one attached hydrogen (secondary N) is 1. The van der Waals surface area contributed by atoms with E-state index in [0.717, 1.165) is 0 Å². The van der Waals surface area contributed by atoms with E-state index in [0.29, 0.717) is 31.9 Å². The molecular weight excluding hydrogens is 296 g/mol. The van der Waals surface area contributed by atoms with E-state index in [1.165, 1.54) is 6.92 Å². The first-order chi connectivity index (χ1) is 10.9. The number of hydrogen-bond acceptors (Lipinski definition) is 3. The number of carbonyl (C=O) groups excluding carboxylic acids is 3. The predicted molar refractivity (Wildman–Crippen MR) is 85.9 cm³/mol. The van der Waals surface area contributed by atoms with Crippen LogP contribution >= 0.6 is 0 Å². The van der Waals surface area contributed by atoms with Gasteiger partial charge in [0.25, 0.3) is 5.91 Å². The zero-order valence-corrected chi connectivity index (χ0v) is 13.9. The van der Waals surface area contributed by atoms with Gasteiger partial charge in [0.2, 0.25) is 11.8 Å². The van der Waals surface area contributed by atoms with Crippen molar-refractivity contribution in [1.82, 2.24) is 19.7 Å². The third-order valence-electron chi connectivity index (χ3n) is 3.82. The van der Waals surface area contributed by atoms with Gasteiger partial charge in [-0.25, -0.2) is 0 Å². The number of aromatic nitrogens is 1. The maximum atomic E-state index is 12.6. The van der Waals surface area contributed by atoms with Crippen molar-refractivity contribution in [3.05, 3.63) is 24.0 Å². The molecule has 1 N–H and O–H groups in total. The van der Waals surface area contributed by atoms with Crippen molar-refractivity contribution < 1.29 is 14.4 Å². The van der Waals surface area contributed by atoms with E-state index >= 15 is 0 Å². The van der Waals surface area contributed by atoms with Gasteiger partial charge < -0.3 is 19.7 Å². The molecule has 2 rings (SSSR count). The zero-order valence-electron chi connectivity index (χ0n) is 13.9. The molecule has 0 saturated carbocycles. The molecule has 0 spiro atoms. The fourth-order valence-corrected chi connectivity index (χ4v) is 2.65. The normalized spacial score (nSPS) is 15.0. The summed E-state index contributed by atoms with van der Waals surface area (Å²) < 4.78 is 1.66. The minimum atomic E-state index is -0.119. The van der Waals surface area contributed by atoms with Gasteiger partial charge in [0, 0.05) is 45.3 Å². The van der Waals surface area contributed by atoms with E-state index < -0.39 is 0 Å². The molecule has 23 heavy (non-hydrogen) atoms. The van der Waals surface area contributed by atoms with Crippen LogP contribution in [-0.4, -0.2) is 64.3 Å². The zero-order chi connectivity index (χ0) is 17.0. The van der Waals surface area contributed by atoms with E-state index in [1.807, 2.05) is 13.8 Å². The number of carbonyl (C=O) groups is 3. The van der Waals surface area contributed by atoms with Gasteiger partial charge in [-0.1, -0.05) is 0 Å². The Kier molecular flexibility index (Phi) is 5.41. The number of rotatable bonds is 4. The highest BCUT2D eigenvalue weighted by Gasteiger charge is 2.25. The lowest BCUT2D eigenvalue weighted by Gasteiger charge is -2.34. The summed E-state index contributed by atoms with van der Waals surface area (Å²) in [5, 5.41) is 2.82. The Bertz CT molecular complexity index is 586. The highest BCUT2D eigenvalue weighted by Crippen LogP contribution is 2.10. The first-order valence-corrected chi connectivity index (χ1v) is 7.87. The van der Waals surface area contributed by atoms with E-state index in [9.17, 15) is 14.4 Å². The Morgan fingerprint density at radius 1 is 1.13 bits per heavy atom. The molecule has 1 aromatic heterocycles. The van der Waals surface area contributed by atoms with E-state index in [-0.39, 0.29) is 30.3 Å². The van der Waals surface area contributed by atoms with E-state index in [4.69, 9.17) is 0 Å². The van der Waals surface area contributed by atoms with Crippen LogP contribution in [0.2, 0.25) is 0 Å². The third-order valence-corrected chi connectivity index (χ3v) is 3.82. The SMILES string of the molecule is CC(=O)N1CCN(C(=O)c2cccn2CC(=O)NC(C)C)CC1. The van der Waals surface area contributed by atoms with Gasteiger partial charge >= 0.3 is 0 Å². The molecule has 0 radical (unpaired) electrons. The van der Waals surface area contributed by atoms with Crippen LogP contribution in [0.15, 0.2) is 18.3 Å². The Morgan fingerprint density at radius 3 is 2.30 bits per heavy atom. The van der Waals surface area contributed by atoms with Crippen molar-refractivity contribution >= 4 is 17.7 Å². The molecule has 7 nitrogen and oxygen atoms in total. The molecule has 0 bridgehead atoms.